The summed E-state index contributed by atoms with van der Waals surface area (Å²) < 4.78 is 71.2. The highest BCUT2D eigenvalue weighted by Gasteiger charge is 2.40. The van der Waals surface area contributed by atoms with Crippen LogP contribution < -0.4 is 10.1 Å². The molecule has 1 fully saturated rings. The second-order valence-corrected chi connectivity index (χ2v) is 10.5. The van der Waals surface area contributed by atoms with Crippen LogP contribution in [0.25, 0.3) is 0 Å². The van der Waals surface area contributed by atoms with Gasteiger partial charge in [-0.1, -0.05) is 55.7 Å². The summed E-state index contributed by atoms with van der Waals surface area (Å²) >= 11 is 0. The Morgan fingerprint density at radius 3 is 2.44 bits per heavy atom. The number of sulfonamides is 1. The molecule has 0 saturated heterocycles. The summed E-state index contributed by atoms with van der Waals surface area (Å²) in [6.45, 7) is 0.109. The van der Waals surface area contributed by atoms with Gasteiger partial charge in [0, 0.05) is 19.0 Å². The molecule has 1 amide bonds. The van der Waals surface area contributed by atoms with E-state index >= 15 is 0 Å². The van der Waals surface area contributed by atoms with Gasteiger partial charge in [0.15, 0.2) is 0 Å². The van der Waals surface area contributed by atoms with Crippen molar-refractivity contribution in [2.45, 2.75) is 55.8 Å². The van der Waals surface area contributed by atoms with Crippen LogP contribution in [-0.4, -0.2) is 38.1 Å². The molecule has 1 aliphatic heterocycles. The molecule has 2 aliphatic rings. The number of ether oxygens (including phenoxy) is 1. The lowest BCUT2D eigenvalue weighted by Gasteiger charge is -2.37. The maximum Gasteiger partial charge on any atom is 0.573 e. The number of carbonyl (C=O) groups excluding carboxylic acids is 1. The largest absolute Gasteiger partial charge is 0.573 e. The molecule has 10 heteroatoms. The van der Waals surface area contributed by atoms with E-state index in [1.54, 1.807) is 12.1 Å². The van der Waals surface area contributed by atoms with Crippen molar-refractivity contribution in [1.29, 1.82) is 0 Å². The molecule has 1 saturated carbocycles. The number of para-hydroxylation sites is 1. The predicted molar refractivity (Wildman–Crippen MR) is 119 cm³/mol. The lowest BCUT2D eigenvalue weighted by Crippen LogP contribution is -2.46. The minimum atomic E-state index is -5.03. The Morgan fingerprint density at radius 2 is 1.71 bits per heavy atom. The van der Waals surface area contributed by atoms with Crippen molar-refractivity contribution in [3.05, 3.63) is 59.7 Å². The maximum absolute atomic E-state index is 13.6. The Kier molecular flexibility index (Phi) is 7.18. The van der Waals surface area contributed by atoms with E-state index < -0.39 is 33.1 Å². The fourth-order valence-corrected chi connectivity index (χ4v) is 6.55. The standard InChI is InChI=1S/C24H27F3N2O4S/c25-24(26,27)33-21-12-6-7-13-22(21)34(31,32)29-15-14-17-8-4-5-11-19(17)20(29)16-28-23(30)18-9-2-1-3-10-18/h4-8,11-13,18,20H,1-3,9-10,14-16H2,(H,28,30). The molecule has 1 aliphatic carbocycles. The fraction of sp³-hybridized carbons (Fsp3) is 0.458. The highest BCUT2D eigenvalue weighted by molar-refractivity contribution is 7.89. The Hall–Kier alpha value is -2.59. The van der Waals surface area contributed by atoms with Gasteiger partial charge in [-0.3, -0.25) is 4.79 Å². The average Bonchev–Trinajstić information content (AvgIpc) is 2.82. The smallest absolute Gasteiger partial charge is 0.404 e. The third-order valence-electron chi connectivity index (χ3n) is 6.47. The monoisotopic (exact) mass is 496 g/mol. The first kappa shape index (κ1) is 24.5. The van der Waals surface area contributed by atoms with Gasteiger partial charge in [0.1, 0.15) is 10.6 Å². The second kappa shape index (κ2) is 9.95. The van der Waals surface area contributed by atoms with Gasteiger partial charge in [-0.25, -0.2) is 8.42 Å². The molecule has 1 unspecified atom stereocenters. The molecule has 34 heavy (non-hydrogen) atoms. The van der Waals surface area contributed by atoms with Crippen LogP contribution in [0.2, 0.25) is 0 Å². The van der Waals surface area contributed by atoms with Crippen LogP contribution in [0, 0.1) is 5.92 Å². The number of hydrogen-bond acceptors (Lipinski definition) is 4. The first-order valence-corrected chi connectivity index (χ1v) is 12.8. The minimum Gasteiger partial charge on any atom is -0.404 e. The van der Waals surface area contributed by atoms with Crippen LogP contribution in [0.15, 0.2) is 53.4 Å². The number of alkyl halides is 3. The van der Waals surface area contributed by atoms with Crippen LogP contribution >= 0.6 is 0 Å². The lowest BCUT2D eigenvalue weighted by atomic mass is 9.88. The summed E-state index contributed by atoms with van der Waals surface area (Å²) in [6.07, 6.45) is 0.0552. The normalized spacial score (nSPS) is 19.9. The molecule has 0 radical (unpaired) electrons. The molecule has 0 spiro atoms. The summed E-state index contributed by atoms with van der Waals surface area (Å²) in [5, 5.41) is 2.91. The predicted octanol–water partition coefficient (Wildman–Crippen LogP) is 4.57. The number of benzene rings is 2. The van der Waals surface area contributed by atoms with Gasteiger partial charge in [0.05, 0.1) is 6.04 Å². The number of amides is 1. The minimum absolute atomic E-state index is 0.0356. The molecule has 0 aromatic heterocycles. The zero-order valence-corrected chi connectivity index (χ0v) is 19.4. The summed E-state index contributed by atoms with van der Waals surface area (Å²) in [5.41, 5.74) is 1.68. The molecule has 184 valence electrons. The topological polar surface area (TPSA) is 75.7 Å². The maximum atomic E-state index is 13.6. The van der Waals surface area contributed by atoms with Crippen molar-refractivity contribution in [3.63, 3.8) is 0 Å². The van der Waals surface area contributed by atoms with Crippen molar-refractivity contribution in [1.82, 2.24) is 9.62 Å². The third kappa shape index (κ3) is 5.38. The third-order valence-corrected chi connectivity index (χ3v) is 8.42. The highest BCUT2D eigenvalue weighted by Crippen LogP contribution is 2.38. The van der Waals surface area contributed by atoms with Gasteiger partial charge >= 0.3 is 6.36 Å². The quantitative estimate of drug-likeness (QED) is 0.636. The summed E-state index contributed by atoms with van der Waals surface area (Å²) in [4.78, 5) is 12.2. The zero-order chi connectivity index (χ0) is 24.3. The SMILES string of the molecule is O=C(NCC1c2ccccc2CCN1S(=O)(=O)c1ccccc1OC(F)(F)F)C1CCCCC1. The Bertz CT molecular complexity index is 1130. The van der Waals surface area contributed by atoms with E-state index in [-0.39, 0.29) is 24.9 Å². The van der Waals surface area contributed by atoms with E-state index in [0.29, 0.717) is 6.42 Å². The van der Waals surface area contributed by atoms with Crippen LogP contribution in [0.5, 0.6) is 5.75 Å². The highest BCUT2D eigenvalue weighted by atomic mass is 32.2. The number of nitrogens with zero attached hydrogens (tertiary/aromatic N) is 1. The molecule has 2 aromatic rings. The first-order chi connectivity index (χ1) is 16.2. The first-order valence-electron chi connectivity index (χ1n) is 11.4. The Labute approximate surface area is 197 Å². The molecule has 1 heterocycles. The summed E-state index contributed by atoms with van der Waals surface area (Å²) in [7, 11) is -4.37. The van der Waals surface area contributed by atoms with E-state index in [0.717, 1.165) is 55.4 Å². The summed E-state index contributed by atoms with van der Waals surface area (Å²) in [5.74, 6) is -0.988. The molecule has 2 aromatic carbocycles. The van der Waals surface area contributed by atoms with Crippen LogP contribution in [-0.2, 0) is 21.2 Å². The number of fused-ring (bicyclic) bond motifs is 1. The van der Waals surface area contributed by atoms with Crippen molar-refractivity contribution in [3.8, 4) is 5.75 Å². The fourth-order valence-electron chi connectivity index (χ4n) is 4.83. The molecule has 1 atom stereocenters. The molecule has 1 N–H and O–H groups in total. The second-order valence-electron chi connectivity index (χ2n) is 8.65. The zero-order valence-electron chi connectivity index (χ0n) is 18.6. The van der Waals surface area contributed by atoms with E-state index in [1.165, 1.54) is 16.4 Å². The summed E-state index contributed by atoms with van der Waals surface area (Å²) in [6, 6.07) is 11.3. The van der Waals surface area contributed by atoms with E-state index in [2.05, 4.69) is 10.1 Å². The van der Waals surface area contributed by atoms with Crippen LogP contribution in [0.3, 0.4) is 0 Å². The number of carbonyl (C=O) groups is 1. The van der Waals surface area contributed by atoms with Crippen LogP contribution in [0.4, 0.5) is 13.2 Å². The van der Waals surface area contributed by atoms with Gasteiger partial charge < -0.3 is 10.1 Å². The van der Waals surface area contributed by atoms with Crippen molar-refractivity contribution in [2.75, 3.05) is 13.1 Å². The van der Waals surface area contributed by atoms with Crippen molar-refractivity contribution >= 4 is 15.9 Å². The Balaban J connectivity index is 1.65. The molecular formula is C24H27F3N2O4S. The number of nitrogens with one attached hydrogen (secondary N) is 1. The molecule has 4 rings (SSSR count). The van der Waals surface area contributed by atoms with E-state index in [4.69, 9.17) is 0 Å². The number of halogens is 3. The molecule has 0 bridgehead atoms. The van der Waals surface area contributed by atoms with Gasteiger partial charge in [0.2, 0.25) is 15.9 Å². The van der Waals surface area contributed by atoms with Gasteiger partial charge in [-0.15, -0.1) is 13.2 Å². The lowest BCUT2D eigenvalue weighted by molar-refractivity contribution is -0.275. The van der Waals surface area contributed by atoms with E-state index in [9.17, 15) is 26.4 Å². The van der Waals surface area contributed by atoms with Crippen molar-refractivity contribution in [2.24, 2.45) is 5.92 Å². The van der Waals surface area contributed by atoms with Gasteiger partial charge in [0.25, 0.3) is 0 Å². The van der Waals surface area contributed by atoms with Gasteiger partial charge in [-0.05, 0) is 42.5 Å². The average molecular weight is 497 g/mol. The Morgan fingerprint density at radius 1 is 1.03 bits per heavy atom. The van der Waals surface area contributed by atoms with Gasteiger partial charge in [-0.2, -0.15) is 4.31 Å². The molecular weight excluding hydrogens is 469 g/mol. The molecule has 6 nitrogen and oxygen atoms in total. The van der Waals surface area contributed by atoms with Crippen LogP contribution in [0.1, 0.15) is 49.3 Å². The number of rotatable bonds is 6. The van der Waals surface area contributed by atoms with Crippen molar-refractivity contribution < 1.29 is 31.1 Å². The number of hydrogen-bond donors (Lipinski definition) is 1. The van der Waals surface area contributed by atoms with E-state index in [1.807, 2.05) is 12.1 Å².